The van der Waals surface area contributed by atoms with Gasteiger partial charge in [-0.2, -0.15) is 0 Å². The molecule has 0 bridgehead atoms. The van der Waals surface area contributed by atoms with E-state index in [0.717, 1.165) is 31.6 Å². The Morgan fingerprint density at radius 2 is 2.06 bits per heavy atom. The molecule has 0 aromatic heterocycles. The zero-order chi connectivity index (χ0) is 11.8. The molecule has 4 nitrogen and oxygen atoms in total. The highest BCUT2D eigenvalue weighted by Gasteiger charge is 2.11. The third-order valence-electron chi connectivity index (χ3n) is 2.14. The van der Waals surface area contributed by atoms with Gasteiger partial charge in [0, 0.05) is 12.6 Å². The predicted molar refractivity (Wildman–Crippen MR) is 65.1 cm³/mol. The lowest BCUT2D eigenvalue weighted by Gasteiger charge is -2.21. The third kappa shape index (κ3) is 5.68. The summed E-state index contributed by atoms with van der Waals surface area (Å²) >= 11 is 0. The van der Waals surface area contributed by atoms with Crippen molar-refractivity contribution < 1.29 is 9.47 Å². The van der Waals surface area contributed by atoms with E-state index in [1.807, 2.05) is 13.0 Å². The molecular weight excluding hydrogens is 204 g/mol. The summed E-state index contributed by atoms with van der Waals surface area (Å²) in [6.45, 7) is 5.36. The molecule has 1 heterocycles. The van der Waals surface area contributed by atoms with Gasteiger partial charge in [0.1, 0.15) is 0 Å². The van der Waals surface area contributed by atoms with Crippen LogP contribution in [-0.4, -0.2) is 25.3 Å². The van der Waals surface area contributed by atoms with Crippen LogP contribution in [0.1, 0.15) is 26.7 Å². The zero-order valence-corrected chi connectivity index (χ0v) is 9.98. The van der Waals surface area contributed by atoms with Crippen molar-refractivity contribution in [2.24, 2.45) is 10.7 Å². The maximum atomic E-state index is 5.43. The Bertz CT molecular complexity index is 285. The summed E-state index contributed by atoms with van der Waals surface area (Å²) in [5.74, 6) is 0.558. The fraction of sp³-hybridized carbons (Fsp3) is 0.583. The van der Waals surface area contributed by atoms with Crippen LogP contribution in [0.15, 0.2) is 28.9 Å². The molecule has 0 saturated carbocycles. The van der Waals surface area contributed by atoms with Crippen LogP contribution in [0.25, 0.3) is 0 Å². The van der Waals surface area contributed by atoms with Crippen LogP contribution in [0, 0.1) is 0 Å². The lowest BCUT2D eigenvalue weighted by atomic mass is 10.2. The Morgan fingerprint density at radius 3 is 2.69 bits per heavy atom. The van der Waals surface area contributed by atoms with Gasteiger partial charge in [0.2, 0.25) is 0 Å². The molecule has 0 unspecified atom stereocenters. The van der Waals surface area contributed by atoms with E-state index >= 15 is 0 Å². The number of ether oxygens (including phenoxy) is 2. The average molecular weight is 224 g/mol. The van der Waals surface area contributed by atoms with Gasteiger partial charge in [0.25, 0.3) is 0 Å². The van der Waals surface area contributed by atoms with Crippen LogP contribution < -0.4 is 5.73 Å². The van der Waals surface area contributed by atoms with Crippen molar-refractivity contribution in [3.05, 3.63) is 23.9 Å². The molecule has 0 aliphatic carbocycles. The van der Waals surface area contributed by atoms with E-state index in [9.17, 15) is 0 Å². The first-order valence-electron chi connectivity index (χ1n) is 5.55. The molecule has 1 fully saturated rings. The van der Waals surface area contributed by atoms with E-state index in [2.05, 4.69) is 11.1 Å². The normalized spacial score (nSPS) is 20.6. The Hall–Kier alpha value is -1.13. The van der Waals surface area contributed by atoms with Crippen LogP contribution in [0.4, 0.5) is 0 Å². The van der Waals surface area contributed by atoms with Crippen LogP contribution >= 0.6 is 0 Å². The molecule has 16 heavy (non-hydrogen) atoms. The highest BCUT2D eigenvalue weighted by atomic mass is 16.7. The first kappa shape index (κ1) is 12.9. The molecule has 0 amide bonds. The average Bonchev–Trinajstić information content (AvgIpc) is 2.27. The van der Waals surface area contributed by atoms with Crippen molar-refractivity contribution >= 4 is 5.84 Å². The van der Waals surface area contributed by atoms with Crippen LogP contribution in [0.2, 0.25) is 0 Å². The lowest BCUT2D eigenvalue weighted by Crippen LogP contribution is -2.24. The van der Waals surface area contributed by atoms with E-state index < -0.39 is 0 Å². The smallest absolute Gasteiger partial charge is 0.160 e. The van der Waals surface area contributed by atoms with Crippen LogP contribution in [-0.2, 0) is 9.47 Å². The number of amidine groups is 1. The van der Waals surface area contributed by atoms with Gasteiger partial charge >= 0.3 is 0 Å². The van der Waals surface area contributed by atoms with Crippen molar-refractivity contribution in [2.75, 3.05) is 13.2 Å². The monoisotopic (exact) mass is 224 g/mol. The molecule has 1 rings (SSSR count). The minimum atomic E-state index is -0.0863. The summed E-state index contributed by atoms with van der Waals surface area (Å²) < 4.78 is 10.9. The molecule has 0 aromatic rings. The summed E-state index contributed by atoms with van der Waals surface area (Å²) in [5, 5.41) is 0. The van der Waals surface area contributed by atoms with E-state index in [1.165, 1.54) is 0 Å². The zero-order valence-electron chi connectivity index (χ0n) is 9.98. The quantitative estimate of drug-likeness (QED) is 0.451. The maximum Gasteiger partial charge on any atom is 0.160 e. The van der Waals surface area contributed by atoms with Gasteiger partial charge in [-0.25, -0.2) is 4.99 Å². The second-order valence-corrected chi connectivity index (χ2v) is 3.79. The summed E-state index contributed by atoms with van der Waals surface area (Å²) in [5.41, 5.74) is 6.54. The number of allylic oxidation sites excluding steroid dienone is 2. The largest absolute Gasteiger partial charge is 0.387 e. The highest BCUT2D eigenvalue weighted by Crippen LogP contribution is 2.10. The maximum absolute atomic E-state index is 5.43. The number of nitrogens with zero attached hydrogens (tertiary/aromatic N) is 1. The molecule has 4 heteroatoms. The molecule has 0 radical (unpaired) electrons. The number of hydrogen-bond donors (Lipinski definition) is 1. The van der Waals surface area contributed by atoms with E-state index in [0.29, 0.717) is 5.84 Å². The van der Waals surface area contributed by atoms with Crippen molar-refractivity contribution in [3.8, 4) is 0 Å². The number of aliphatic imine (C=N–C) groups is 1. The van der Waals surface area contributed by atoms with Crippen molar-refractivity contribution in [2.45, 2.75) is 33.0 Å². The molecular formula is C12H20N2O2. The topological polar surface area (TPSA) is 56.8 Å². The van der Waals surface area contributed by atoms with Crippen LogP contribution in [0.5, 0.6) is 0 Å². The van der Waals surface area contributed by atoms with Crippen molar-refractivity contribution in [1.82, 2.24) is 0 Å². The standard InChI is InChI=1S/C12H20N2O2/c1-10(6-7-14-11(2)13)4-5-12-15-8-3-9-16-12/h4,6-7,12H,3,5,8-9H2,1-2H3,(H2,13,14)/b7-6-,10-4-. The minimum Gasteiger partial charge on any atom is -0.387 e. The van der Waals surface area contributed by atoms with Gasteiger partial charge in [-0.05, 0) is 26.3 Å². The molecule has 0 aromatic carbocycles. The van der Waals surface area contributed by atoms with Crippen molar-refractivity contribution in [3.63, 3.8) is 0 Å². The summed E-state index contributed by atoms with van der Waals surface area (Å²) in [6, 6.07) is 0. The van der Waals surface area contributed by atoms with Gasteiger partial charge in [-0.1, -0.05) is 11.6 Å². The fourth-order valence-electron chi connectivity index (χ4n) is 1.30. The van der Waals surface area contributed by atoms with Gasteiger partial charge in [-0.3, -0.25) is 0 Å². The molecule has 0 spiro atoms. The number of rotatable bonds is 4. The van der Waals surface area contributed by atoms with Gasteiger partial charge in [-0.15, -0.1) is 0 Å². The molecule has 1 saturated heterocycles. The van der Waals surface area contributed by atoms with Crippen LogP contribution in [0.3, 0.4) is 0 Å². The minimum absolute atomic E-state index is 0.0863. The predicted octanol–water partition coefficient (Wildman–Crippen LogP) is 1.98. The molecule has 1 aliphatic rings. The summed E-state index contributed by atoms with van der Waals surface area (Å²) in [6.07, 6.45) is 7.37. The first-order chi connectivity index (χ1) is 7.68. The Balaban J connectivity index is 2.32. The lowest BCUT2D eigenvalue weighted by molar-refractivity contribution is -0.175. The van der Waals surface area contributed by atoms with Gasteiger partial charge < -0.3 is 15.2 Å². The van der Waals surface area contributed by atoms with Gasteiger partial charge in [0.15, 0.2) is 6.29 Å². The third-order valence-corrected chi connectivity index (χ3v) is 2.14. The summed E-state index contributed by atoms with van der Waals surface area (Å²) in [4.78, 5) is 3.97. The Labute approximate surface area is 96.8 Å². The van der Waals surface area contributed by atoms with Gasteiger partial charge in [0.05, 0.1) is 19.0 Å². The van der Waals surface area contributed by atoms with E-state index in [1.54, 1.807) is 13.1 Å². The summed E-state index contributed by atoms with van der Waals surface area (Å²) in [7, 11) is 0. The molecule has 1 aliphatic heterocycles. The first-order valence-corrected chi connectivity index (χ1v) is 5.55. The number of nitrogens with two attached hydrogens (primary N) is 1. The SMILES string of the molecule is CC(N)=N/C=C\C(C)=C/CC1OCCCO1. The molecule has 2 N–H and O–H groups in total. The van der Waals surface area contributed by atoms with E-state index in [4.69, 9.17) is 15.2 Å². The molecule has 90 valence electrons. The Morgan fingerprint density at radius 1 is 1.38 bits per heavy atom. The second kappa shape index (κ2) is 7.19. The second-order valence-electron chi connectivity index (χ2n) is 3.79. The van der Waals surface area contributed by atoms with E-state index in [-0.39, 0.29) is 6.29 Å². The fourth-order valence-corrected chi connectivity index (χ4v) is 1.30. The number of hydrogen-bond acceptors (Lipinski definition) is 3. The highest BCUT2D eigenvalue weighted by molar-refractivity contribution is 5.77. The Kier molecular flexibility index (Phi) is 5.82. The molecule has 0 atom stereocenters. The van der Waals surface area contributed by atoms with Crippen molar-refractivity contribution in [1.29, 1.82) is 0 Å².